The van der Waals surface area contributed by atoms with Crippen molar-refractivity contribution in [1.29, 1.82) is 0 Å². The van der Waals surface area contributed by atoms with Crippen molar-refractivity contribution in [2.75, 3.05) is 13.7 Å². The summed E-state index contributed by atoms with van der Waals surface area (Å²) in [6, 6.07) is 6.06. The molecule has 0 spiro atoms. The van der Waals surface area contributed by atoms with Gasteiger partial charge in [-0.25, -0.2) is 4.79 Å². The van der Waals surface area contributed by atoms with Gasteiger partial charge in [-0.2, -0.15) is 0 Å². The lowest BCUT2D eigenvalue weighted by molar-refractivity contribution is 0.00230. The normalized spacial score (nSPS) is 12.4. The predicted octanol–water partition coefficient (Wildman–Crippen LogP) is 5.20. The highest BCUT2D eigenvalue weighted by Gasteiger charge is 2.17. The summed E-state index contributed by atoms with van der Waals surface area (Å²) >= 11 is 0. The first-order chi connectivity index (χ1) is 11.5. The Morgan fingerprint density at radius 3 is 2.08 bits per heavy atom. The second-order valence-corrected chi connectivity index (χ2v) is 6.91. The number of hydrogen-bond acceptors (Lipinski definition) is 3. The maximum Gasteiger partial charge on any atom is 0.338 e. The van der Waals surface area contributed by atoms with Crippen molar-refractivity contribution in [3.63, 3.8) is 0 Å². The van der Waals surface area contributed by atoms with Gasteiger partial charge in [0.15, 0.2) is 0 Å². The molecule has 1 aromatic carbocycles. The van der Waals surface area contributed by atoms with Crippen LogP contribution in [0.5, 0.6) is 0 Å². The Labute approximate surface area is 147 Å². The molecule has 0 saturated heterocycles. The van der Waals surface area contributed by atoms with E-state index in [0.29, 0.717) is 12.2 Å². The zero-order valence-electron chi connectivity index (χ0n) is 16.1. The number of rotatable bonds is 11. The van der Waals surface area contributed by atoms with E-state index >= 15 is 0 Å². The van der Waals surface area contributed by atoms with E-state index in [-0.39, 0.29) is 12.1 Å². The van der Waals surface area contributed by atoms with Crippen LogP contribution in [0.15, 0.2) is 18.2 Å². The number of aryl methyl sites for hydroxylation is 2. The maximum atomic E-state index is 12.5. The summed E-state index contributed by atoms with van der Waals surface area (Å²) in [7, 11) is 1.65. The number of carbonyl (C=O) groups excluding carboxylic acids is 1. The molecule has 3 nitrogen and oxygen atoms in total. The molecule has 0 aliphatic rings. The molecule has 1 unspecified atom stereocenters. The van der Waals surface area contributed by atoms with Gasteiger partial charge in [0.1, 0.15) is 6.10 Å². The molecule has 0 saturated carbocycles. The number of ether oxygens (including phenoxy) is 2. The lowest BCUT2D eigenvalue weighted by Crippen LogP contribution is -2.23. The second-order valence-electron chi connectivity index (χ2n) is 6.91. The predicted molar refractivity (Wildman–Crippen MR) is 99.6 cm³/mol. The van der Waals surface area contributed by atoms with E-state index in [1.54, 1.807) is 7.11 Å². The first kappa shape index (κ1) is 20.7. The van der Waals surface area contributed by atoms with Crippen LogP contribution in [0.1, 0.15) is 74.9 Å². The molecule has 3 heteroatoms. The first-order valence-electron chi connectivity index (χ1n) is 9.32. The SMILES string of the molecule is CCc1cc(CC)cc(C(=O)OC(CCCCC(C)C)COC)c1. The van der Waals surface area contributed by atoms with Gasteiger partial charge in [-0.3, -0.25) is 0 Å². The number of unbranched alkanes of at least 4 members (excludes halogenated alkanes) is 1. The van der Waals surface area contributed by atoms with Crippen molar-refractivity contribution in [2.24, 2.45) is 5.92 Å². The van der Waals surface area contributed by atoms with E-state index < -0.39 is 0 Å². The van der Waals surface area contributed by atoms with Gasteiger partial charge in [-0.05, 0) is 54.9 Å². The molecular weight excluding hydrogens is 300 g/mol. The lowest BCUT2D eigenvalue weighted by Gasteiger charge is -2.18. The van der Waals surface area contributed by atoms with Gasteiger partial charge in [0.05, 0.1) is 12.2 Å². The summed E-state index contributed by atoms with van der Waals surface area (Å²) in [4.78, 5) is 12.5. The molecule has 136 valence electrons. The van der Waals surface area contributed by atoms with Crippen molar-refractivity contribution in [1.82, 2.24) is 0 Å². The minimum atomic E-state index is -0.231. The van der Waals surface area contributed by atoms with Crippen LogP contribution in [0.4, 0.5) is 0 Å². The number of carbonyl (C=O) groups is 1. The van der Waals surface area contributed by atoms with Gasteiger partial charge in [-0.1, -0.05) is 46.6 Å². The van der Waals surface area contributed by atoms with Crippen LogP contribution in [0, 0.1) is 5.92 Å². The van der Waals surface area contributed by atoms with Crippen LogP contribution in [-0.4, -0.2) is 25.8 Å². The van der Waals surface area contributed by atoms with Crippen LogP contribution < -0.4 is 0 Å². The Balaban J connectivity index is 2.67. The first-order valence-corrected chi connectivity index (χ1v) is 9.32. The standard InChI is InChI=1S/C21H34O3/c1-6-17-12-18(7-2)14-19(13-17)21(22)24-20(15-23-5)11-9-8-10-16(3)4/h12-14,16,20H,6-11,15H2,1-5H3. The van der Waals surface area contributed by atoms with Gasteiger partial charge in [0.25, 0.3) is 0 Å². The number of methoxy groups -OCH3 is 1. The van der Waals surface area contributed by atoms with E-state index in [0.717, 1.165) is 31.6 Å². The van der Waals surface area contributed by atoms with Crippen molar-refractivity contribution in [3.8, 4) is 0 Å². The number of hydrogen-bond donors (Lipinski definition) is 0. The van der Waals surface area contributed by atoms with Gasteiger partial charge in [0.2, 0.25) is 0 Å². The van der Waals surface area contributed by atoms with Crippen LogP contribution in [0.2, 0.25) is 0 Å². The Bertz CT molecular complexity index is 472. The molecule has 1 aromatic rings. The van der Waals surface area contributed by atoms with Crippen molar-refractivity contribution < 1.29 is 14.3 Å². The molecule has 1 rings (SSSR count). The number of esters is 1. The average Bonchev–Trinajstić information content (AvgIpc) is 2.57. The Kier molecular flexibility index (Phi) is 9.70. The highest BCUT2D eigenvalue weighted by molar-refractivity contribution is 5.90. The summed E-state index contributed by atoms with van der Waals surface area (Å²) in [6.45, 7) is 9.14. The van der Waals surface area contributed by atoms with E-state index in [1.165, 1.54) is 24.0 Å². The smallest absolute Gasteiger partial charge is 0.338 e. The minimum Gasteiger partial charge on any atom is -0.456 e. The maximum absolute atomic E-state index is 12.5. The van der Waals surface area contributed by atoms with Crippen molar-refractivity contribution in [3.05, 3.63) is 34.9 Å². The molecular formula is C21H34O3. The zero-order chi connectivity index (χ0) is 17.9. The third kappa shape index (κ3) is 7.48. The van der Waals surface area contributed by atoms with Gasteiger partial charge in [-0.15, -0.1) is 0 Å². The third-order valence-corrected chi connectivity index (χ3v) is 4.29. The zero-order valence-corrected chi connectivity index (χ0v) is 16.1. The highest BCUT2D eigenvalue weighted by Crippen LogP contribution is 2.16. The van der Waals surface area contributed by atoms with Crippen LogP contribution in [0.3, 0.4) is 0 Å². The molecule has 0 aliphatic carbocycles. The average molecular weight is 335 g/mol. The molecule has 0 radical (unpaired) electrons. The topological polar surface area (TPSA) is 35.5 Å². The second kappa shape index (κ2) is 11.2. The van der Waals surface area contributed by atoms with E-state index in [9.17, 15) is 4.79 Å². The van der Waals surface area contributed by atoms with E-state index in [4.69, 9.17) is 9.47 Å². The van der Waals surface area contributed by atoms with Crippen LogP contribution in [0.25, 0.3) is 0 Å². The molecule has 0 aliphatic heterocycles. The van der Waals surface area contributed by atoms with Gasteiger partial charge >= 0.3 is 5.97 Å². The van der Waals surface area contributed by atoms with E-state index in [1.807, 2.05) is 12.1 Å². The van der Waals surface area contributed by atoms with E-state index in [2.05, 4.69) is 33.8 Å². The summed E-state index contributed by atoms with van der Waals surface area (Å²) in [6.07, 6.45) is 5.99. The Hall–Kier alpha value is -1.35. The van der Waals surface area contributed by atoms with Crippen molar-refractivity contribution >= 4 is 5.97 Å². The molecule has 1 atom stereocenters. The molecule has 0 N–H and O–H groups in total. The summed E-state index contributed by atoms with van der Waals surface area (Å²) in [5.74, 6) is 0.489. The molecule has 0 bridgehead atoms. The monoisotopic (exact) mass is 334 g/mol. The highest BCUT2D eigenvalue weighted by atomic mass is 16.6. The largest absolute Gasteiger partial charge is 0.456 e. The Morgan fingerprint density at radius 1 is 1.00 bits per heavy atom. The minimum absolute atomic E-state index is 0.162. The Morgan fingerprint density at radius 2 is 1.58 bits per heavy atom. The molecule has 24 heavy (non-hydrogen) atoms. The molecule has 0 amide bonds. The van der Waals surface area contributed by atoms with Crippen LogP contribution >= 0.6 is 0 Å². The van der Waals surface area contributed by atoms with Gasteiger partial charge in [0, 0.05) is 7.11 Å². The third-order valence-electron chi connectivity index (χ3n) is 4.29. The molecule has 0 fully saturated rings. The summed E-state index contributed by atoms with van der Waals surface area (Å²) in [5, 5.41) is 0. The summed E-state index contributed by atoms with van der Waals surface area (Å²) in [5.41, 5.74) is 3.03. The fourth-order valence-electron chi connectivity index (χ4n) is 2.79. The quantitative estimate of drug-likeness (QED) is 0.412. The molecule has 0 heterocycles. The van der Waals surface area contributed by atoms with Gasteiger partial charge < -0.3 is 9.47 Å². The number of benzene rings is 1. The fourth-order valence-corrected chi connectivity index (χ4v) is 2.79. The van der Waals surface area contributed by atoms with Crippen LogP contribution in [-0.2, 0) is 22.3 Å². The van der Waals surface area contributed by atoms with Crippen molar-refractivity contribution in [2.45, 2.75) is 72.3 Å². The lowest BCUT2D eigenvalue weighted by atomic mass is 10.0. The fraction of sp³-hybridized carbons (Fsp3) is 0.667. The molecule has 0 aromatic heterocycles. The summed E-state index contributed by atoms with van der Waals surface area (Å²) < 4.78 is 11.0.